The average Bonchev–Trinajstić information content (AvgIpc) is 2.00. The minimum Gasteiger partial charge on any atom is -0.415 e. The first-order valence-electron chi connectivity index (χ1n) is 5.63. The van der Waals surface area contributed by atoms with E-state index in [1.165, 1.54) is 0 Å². The molecule has 3 nitrogen and oxygen atoms in total. The van der Waals surface area contributed by atoms with Crippen molar-refractivity contribution in [1.29, 1.82) is 0 Å². The number of hydrogen-bond acceptors (Lipinski definition) is 2. The second kappa shape index (κ2) is 4.26. The molecule has 1 saturated heterocycles. The Labute approximate surface area is 93.9 Å². The van der Waals surface area contributed by atoms with Gasteiger partial charge in [-0.15, -0.1) is 0 Å². The second-order valence-corrected chi connectivity index (χ2v) is 10.7. The Balaban J connectivity index is 2.40. The summed E-state index contributed by atoms with van der Waals surface area (Å²) in [7, 11) is -1.64. The highest BCUT2D eigenvalue weighted by Gasteiger charge is 2.38. The molecule has 0 N–H and O–H groups in total. The predicted molar refractivity (Wildman–Crippen MR) is 64.3 cm³/mol. The van der Waals surface area contributed by atoms with Crippen molar-refractivity contribution in [1.82, 2.24) is 4.90 Å². The molecule has 0 unspecified atom stereocenters. The maximum absolute atomic E-state index is 10.6. The van der Waals surface area contributed by atoms with Gasteiger partial charge >= 0.3 is 0 Å². The summed E-state index contributed by atoms with van der Waals surface area (Å²) in [6, 6.07) is 0.330. The minimum absolute atomic E-state index is 0.253. The molecule has 0 bridgehead atoms. The van der Waals surface area contributed by atoms with Gasteiger partial charge in [0.25, 0.3) is 0 Å². The van der Waals surface area contributed by atoms with Crippen molar-refractivity contribution in [3.05, 3.63) is 0 Å². The third-order valence-corrected chi connectivity index (χ3v) is 8.27. The Kier molecular flexibility index (Phi) is 3.61. The number of nitrogens with zero attached hydrogens (tertiary/aromatic N) is 1. The fraction of sp³-hybridized carbons (Fsp3) is 0.909. The lowest BCUT2D eigenvalue weighted by atomic mass is 10.1. The van der Waals surface area contributed by atoms with Gasteiger partial charge in [0, 0.05) is 6.54 Å². The van der Waals surface area contributed by atoms with Gasteiger partial charge in [-0.05, 0) is 24.6 Å². The first-order chi connectivity index (χ1) is 6.78. The van der Waals surface area contributed by atoms with E-state index in [2.05, 4.69) is 33.9 Å². The normalized spacial score (nSPS) is 22.5. The van der Waals surface area contributed by atoms with Crippen molar-refractivity contribution in [3.8, 4) is 0 Å². The van der Waals surface area contributed by atoms with E-state index in [1.807, 2.05) is 4.90 Å². The van der Waals surface area contributed by atoms with Gasteiger partial charge in [0.15, 0.2) is 8.32 Å². The van der Waals surface area contributed by atoms with Gasteiger partial charge < -0.3 is 9.33 Å². The van der Waals surface area contributed by atoms with Crippen molar-refractivity contribution < 1.29 is 9.22 Å². The molecule has 1 heterocycles. The van der Waals surface area contributed by atoms with Crippen LogP contribution in [0.15, 0.2) is 0 Å². The topological polar surface area (TPSA) is 29.5 Å². The van der Waals surface area contributed by atoms with E-state index in [4.69, 9.17) is 4.43 Å². The van der Waals surface area contributed by atoms with Crippen LogP contribution in [0.4, 0.5) is 0 Å². The number of carbonyl (C=O) groups is 1. The average molecular weight is 229 g/mol. The molecule has 88 valence electrons. The Bertz CT molecular complexity index is 235. The summed E-state index contributed by atoms with van der Waals surface area (Å²) >= 11 is 0. The van der Waals surface area contributed by atoms with E-state index in [-0.39, 0.29) is 5.04 Å². The molecule has 1 rings (SSSR count). The SMILES string of the molecule is CC(C)(C)[Si](C)(C)OC[C@@H]1CCN1C=O. The number of hydrogen-bond donors (Lipinski definition) is 0. The highest BCUT2D eigenvalue weighted by Crippen LogP contribution is 2.37. The summed E-state index contributed by atoms with van der Waals surface area (Å²) in [4.78, 5) is 12.4. The number of amides is 1. The minimum atomic E-state index is -1.64. The molecule has 1 amide bonds. The van der Waals surface area contributed by atoms with Crippen LogP contribution >= 0.6 is 0 Å². The molecule has 1 aliphatic heterocycles. The third-order valence-electron chi connectivity index (χ3n) is 3.77. The van der Waals surface area contributed by atoms with Crippen LogP contribution in [0.1, 0.15) is 27.2 Å². The molecule has 4 heteroatoms. The molecule has 0 aromatic heterocycles. The lowest BCUT2D eigenvalue weighted by Crippen LogP contribution is -2.52. The molecule has 15 heavy (non-hydrogen) atoms. The first kappa shape index (κ1) is 12.7. The summed E-state index contributed by atoms with van der Waals surface area (Å²) in [5.41, 5.74) is 0. The summed E-state index contributed by atoms with van der Waals surface area (Å²) in [6.45, 7) is 12.8. The molecule has 0 aromatic carbocycles. The van der Waals surface area contributed by atoms with Crippen molar-refractivity contribution in [2.24, 2.45) is 0 Å². The zero-order valence-corrected chi connectivity index (χ0v) is 11.5. The highest BCUT2D eigenvalue weighted by atomic mass is 28.4. The standard InChI is InChI=1S/C11H23NO2Si/c1-11(2,3)15(4,5)14-8-10-6-7-12(10)9-13/h9-10H,6-8H2,1-5H3/t10-/m0/s1. The quantitative estimate of drug-likeness (QED) is 0.546. The van der Waals surface area contributed by atoms with Crippen LogP contribution in [0.5, 0.6) is 0 Å². The monoisotopic (exact) mass is 229 g/mol. The van der Waals surface area contributed by atoms with Crippen molar-refractivity contribution in [2.75, 3.05) is 13.2 Å². The van der Waals surface area contributed by atoms with Crippen LogP contribution in [-0.4, -0.2) is 38.8 Å². The molecule has 1 atom stereocenters. The maximum Gasteiger partial charge on any atom is 0.210 e. The van der Waals surface area contributed by atoms with Gasteiger partial charge in [-0.1, -0.05) is 20.8 Å². The summed E-state index contributed by atoms with van der Waals surface area (Å²) in [5.74, 6) is 0. The fourth-order valence-corrected chi connectivity index (χ4v) is 2.34. The summed E-state index contributed by atoms with van der Waals surface area (Å²) in [5, 5.41) is 0.253. The summed E-state index contributed by atoms with van der Waals surface area (Å²) < 4.78 is 6.07. The largest absolute Gasteiger partial charge is 0.415 e. The first-order valence-corrected chi connectivity index (χ1v) is 8.54. The van der Waals surface area contributed by atoms with Crippen LogP contribution in [0, 0.1) is 0 Å². The molecule has 0 aliphatic carbocycles. The molecular weight excluding hydrogens is 206 g/mol. The van der Waals surface area contributed by atoms with E-state index >= 15 is 0 Å². The van der Waals surface area contributed by atoms with E-state index in [1.54, 1.807) is 0 Å². The smallest absolute Gasteiger partial charge is 0.210 e. The Morgan fingerprint density at radius 3 is 2.40 bits per heavy atom. The van der Waals surface area contributed by atoms with E-state index in [0.29, 0.717) is 6.04 Å². The van der Waals surface area contributed by atoms with Gasteiger partial charge in [-0.3, -0.25) is 4.79 Å². The zero-order valence-electron chi connectivity index (χ0n) is 10.5. The van der Waals surface area contributed by atoms with Gasteiger partial charge in [0.05, 0.1) is 12.6 Å². The van der Waals surface area contributed by atoms with Gasteiger partial charge in [-0.2, -0.15) is 0 Å². The lowest BCUT2D eigenvalue weighted by molar-refractivity contribution is -0.126. The van der Waals surface area contributed by atoms with Gasteiger partial charge in [0.2, 0.25) is 6.41 Å². The van der Waals surface area contributed by atoms with Crippen LogP contribution in [0.3, 0.4) is 0 Å². The van der Waals surface area contributed by atoms with E-state index in [9.17, 15) is 4.79 Å². The van der Waals surface area contributed by atoms with Gasteiger partial charge in [0.1, 0.15) is 0 Å². The second-order valence-electron chi connectivity index (χ2n) is 5.86. The predicted octanol–water partition coefficient (Wildman–Crippen LogP) is 2.24. The fourth-order valence-electron chi connectivity index (χ4n) is 1.30. The maximum atomic E-state index is 10.6. The third kappa shape index (κ3) is 2.81. The summed E-state index contributed by atoms with van der Waals surface area (Å²) in [6.07, 6.45) is 2.02. The van der Waals surface area contributed by atoms with Crippen LogP contribution in [0.2, 0.25) is 18.1 Å². The molecule has 0 radical (unpaired) electrons. The number of rotatable bonds is 4. The van der Waals surface area contributed by atoms with Crippen molar-refractivity contribution >= 4 is 14.7 Å². The lowest BCUT2D eigenvalue weighted by Gasteiger charge is -2.42. The van der Waals surface area contributed by atoms with Crippen LogP contribution in [0.25, 0.3) is 0 Å². The van der Waals surface area contributed by atoms with Crippen LogP contribution < -0.4 is 0 Å². The van der Waals surface area contributed by atoms with E-state index < -0.39 is 8.32 Å². The van der Waals surface area contributed by atoms with Crippen LogP contribution in [-0.2, 0) is 9.22 Å². The zero-order chi connectivity index (χ0) is 11.7. The highest BCUT2D eigenvalue weighted by molar-refractivity contribution is 6.74. The molecule has 0 saturated carbocycles. The Hall–Kier alpha value is -0.353. The van der Waals surface area contributed by atoms with Gasteiger partial charge in [-0.25, -0.2) is 0 Å². The molecule has 1 fully saturated rings. The number of carbonyl (C=O) groups excluding carboxylic acids is 1. The Morgan fingerprint density at radius 1 is 1.47 bits per heavy atom. The molecule has 0 aromatic rings. The van der Waals surface area contributed by atoms with Crippen molar-refractivity contribution in [3.63, 3.8) is 0 Å². The molecular formula is C11H23NO2Si. The molecule has 0 spiro atoms. The van der Waals surface area contributed by atoms with E-state index in [0.717, 1.165) is 26.0 Å². The Morgan fingerprint density at radius 2 is 2.07 bits per heavy atom. The van der Waals surface area contributed by atoms with Crippen molar-refractivity contribution in [2.45, 2.75) is 51.4 Å². The molecule has 1 aliphatic rings. The number of likely N-dealkylation sites (tertiary alicyclic amines) is 1.